The summed E-state index contributed by atoms with van der Waals surface area (Å²) in [7, 11) is 0. The van der Waals surface area contributed by atoms with Gasteiger partial charge in [0.15, 0.2) is 0 Å². The molecule has 52 valence electrons. The molecule has 0 saturated carbocycles. The van der Waals surface area contributed by atoms with E-state index in [2.05, 4.69) is 4.99 Å². The lowest BCUT2D eigenvalue weighted by Gasteiger charge is -2.01. The fraction of sp³-hybridized carbons (Fsp3) is 0.286. The third-order valence-electron chi connectivity index (χ3n) is 1.52. The van der Waals surface area contributed by atoms with Crippen molar-refractivity contribution in [2.24, 2.45) is 4.99 Å². The number of rotatable bonds is 0. The quantitative estimate of drug-likeness (QED) is 0.569. The van der Waals surface area contributed by atoms with Crippen LogP contribution in [0.3, 0.4) is 0 Å². The predicted molar refractivity (Wildman–Crippen MR) is 45.8 cm³/mol. The molecule has 0 bridgehead atoms. The Morgan fingerprint density at radius 1 is 1.60 bits per heavy atom. The van der Waals surface area contributed by atoms with Crippen LogP contribution < -0.4 is 0 Å². The van der Waals surface area contributed by atoms with E-state index in [4.69, 9.17) is 11.6 Å². The van der Waals surface area contributed by atoms with Crippen LogP contribution in [0.2, 0.25) is 5.02 Å². The first-order valence-corrected chi connectivity index (χ1v) is 4.42. The summed E-state index contributed by atoms with van der Waals surface area (Å²) in [6.07, 6.45) is 4.10. The first-order valence-electron chi connectivity index (χ1n) is 3.16. The highest BCUT2D eigenvalue weighted by molar-refractivity contribution is 7.11. The van der Waals surface area contributed by atoms with Gasteiger partial charge in [-0.25, -0.2) is 0 Å². The van der Waals surface area contributed by atoms with Crippen molar-refractivity contribution in [3.05, 3.63) is 15.3 Å². The number of aliphatic imine (C=N–C) groups is 1. The zero-order valence-electron chi connectivity index (χ0n) is 5.30. The van der Waals surface area contributed by atoms with Gasteiger partial charge in [0, 0.05) is 16.5 Å². The van der Waals surface area contributed by atoms with Gasteiger partial charge in [-0.2, -0.15) is 0 Å². The predicted octanol–water partition coefficient (Wildman–Crippen LogP) is 3.05. The number of fused-ring (bicyclic) bond motifs is 1. The van der Waals surface area contributed by atoms with E-state index in [-0.39, 0.29) is 0 Å². The largest absolute Gasteiger partial charge is 0.258 e. The van der Waals surface area contributed by atoms with Crippen molar-refractivity contribution >= 4 is 34.8 Å². The third-order valence-corrected chi connectivity index (χ3v) is 2.97. The van der Waals surface area contributed by atoms with Gasteiger partial charge in [0.1, 0.15) is 0 Å². The molecule has 0 N–H and O–H groups in total. The second-order valence-electron chi connectivity index (χ2n) is 2.21. The van der Waals surface area contributed by atoms with Crippen LogP contribution in [-0.4, -0.2) is 6.21 Å². The molecule has 0 spiro atoms. The second-order valence-corrected chi connectivity index (χ2v) is 3.58. The molecule has 3 heteroatoms. The van der Waals surface area contributed by atoms with Gasteiger partial charge in [0.2, 0.25) is 0 Å². The van der Waals surface area contributed by atoms with Crippen molar-refractivity contribution < 1.29 is 0 Å². The van der Waals surface area contributed by atoms with Crippen molar-refractivity contribution in [2.75, 3.05) is 0 Å². The summed E-state index contributed by atoms with van der Waals surface area (Å²) >= 11 is 7.56. The molecule has 0 aliphatic carbocycles. The Balaban J connectivity index is 2.57. The maximum Gasteiger partial charge on any atom is 0.0951 e. The minimum Gasteiger partial charge on any atom is -0.258 e. The van der Waals surface area contributed by atoms with Crippen LogP contribution in [0, 0.1) is 0 Å². The van der Waals surface area contributed by atoms with E-state index in [0.717, 1.165) is 23.6 Å². The molecule has 1 aromatic heterocycles. The van der Waals surface area contributed by atoms with Crippen LogP contribution in [0.15, 0.2) is 10.4 Å². The molecule has 1 nitrogen and oxygen atoms in total. The number of hydrogen-bond acceptors (Lipinski definition) is 2. The normalized spacial score (nSPS) is 15.3. The van der Waals surface area contributed by atoms with Crippen LogP contribution in [0.5, 0.6) is 0 Å². The SMILES string of the molecule is Clc1csc2c1N=CCC2. The molecule has 0 atom stereocenters. The third kappa shape index (κ3) is 0.879. The maximum atomic E-state index is 5.85. The summed E-state index contributed by atoms with van der Waals surface area (Å²) in [6.45, 7) is 0. The van der Waals surface area contributed by atoms with Crippen molar-refractivity contribution in [1.82, 2.24) is 0 Å². The maximum absolute atomic E-state index is 5.85. The number of aryl methyl sites for hydroxylation is 1. The van der Waals surface area contributed by atoms with E-state index in [1.807, 2.05) is 11.6 Å². The first kappa shape index (κ1) is 6.38. The van der Waals surface area contributed by atoms with E-state index in [1.54, 1.807) is 11.3 Å². The first-order chi connectivity index (χ1) is 4.88. The minimum absolute atomic E-state index is 0.802. The smallest absolute Gasteiger partial charge is 0.0951 e. The molecule has 0 saturated heterocycles. The van der Waals surface area contributed by atoms with Gasteiger partial charge in [0.05, 0.1) is 10.7 Å². The summed E-state index contributed by atoms with van der Waals surface area (Å²) in [4.78, 5) is 5.53. The average Bonchev–Trinajstić information content (AvgIpc) is 2.34. The minimum atomic E-state index is 0.802. The lowest BCUT2D eigenvalue weighted by molar-refractivity contribution is 1.06. The van der Waals surface area contributed by atoms with Crippen LogP contribution in [-0.2, 0) is 6.42 Å². The molecular weight excluding hydrogens is 166 g/mol. The van der Waals surface area contributed by atoms with Gasteiger partial charge in [-0.15, -0.1) is 11.3 Å². The molecule has 1 aromatic rings. The Hall–Kier alpha value is -0.340. The number of hydrogen-bond donors (Lipinski definition) is 0. The van der Waals surface area contributed by atoms with Gasteiger partial charge in [-0.05, 0) is 12.8 Å². The van der Waals surface area contributed by atoms with E-state index in [1.165, 1.54) is 4.88 Å². The van der Waals surface area contributed by atoms with Crippen molar-refractivity contribution in [3.63, 3.8) is 0 Å². The monoisotopic (exact) mass is 171 g/mol. The van der Waals surface area contributed by atoms with Gasteiger partial charge in [0.25, 0.3) is 0 Å². The molecule has 2 rings (SSSR count). The van der Waals surface area contributed by atoms with Crippen molar-refractivity contribution in [2.45, 2.75) is 12.8 Å². The topological polar surface area (TPSA) is 12.4 Å². The molecule has 0 radical (unpaired) electrons. The fourth-order valence-corrected chi connectivity index (χ4v) is 2.25. The lowest BCUT2D eigenvalue weighted by Crippen LogP contribution is -1.87. The zero-order valence-corrected chi connectivity index (χ0v) is 6.87. The number of halogens is 1. The Morgan fingerprint density at radius 2 is 2.50 bits per heavy atom. The Bertz CT molecular complexity index is 277. The summed E-state index contributed by atoms with van der Waals surface area (Å²) < 4.78 is 0. The average molecular weight is 172 g/mol. The van der Waals surface area contributed by atoms with Crippen LogP contribution in [0.25, 0.3) is 0 Å². The molecule has 0 aromatic carbocycles. The Labute approximate surface area is 68.4 Å². The highest BCUT2D eigenvalue weighted by Crippen LogP contribution is 2.37. The molecule has 0 amide bonds. The van der Waals surface area contributed by atoms with Crippen LogP contribution in [0.1, 0.15) is 11.3 Å². The standard InChI is InChI=1S/C7H6ClNS/c8-5-4-10-6-2-1-3-9-7(5)6/h3-4H,1-2H2. The van der Waals surface area contributed by atoms with Crippen molar-refractivity contribution in [1.29, 1.82) is 0 Å². The van der Waals surface area contributed by atoms with Gasteiger partial charge in [-0.3, -0.25) is 4.99 Å². The van der Waals surface area contributed by atoms with Gasteiger partial charge >= 0.3 is 0 Å². The van der Waals surface area contributed by atoms with Crippen LogP contribution in [0.4, 0.5) is 5.69 Å². The highest BCUT2D eigenvalue weighted by Gasteiger charge is 2.10. The van der Waals surface area contributed by atoms with Gasteiger partial charge < -0.3 is 0 Å². The summed E-state index contributed by atoms with van der Waals surface area (Å²) in [5.41, 5.74) is 0.998. The Morgan fingerprint density at radius 3 is 3.30 bits per heavy atom. The van der Waals surface area contributed by atoms with Gasteiger partial charge in [-0.1, -0.05) is 11.6 Å². The molecule has 0 fully saturated rings. The molecule has 10 heavy (non-hydrogen) atoms. The van der Waals surface area contributed by atoms with E-state index in [0.29, 0.717) is 0 Å². The van der Waals surface area contributed by atoms with E-state index < -0.39 is 0 Å². The van der Waals surface area contributed by atoms with Crippen molar-refractivity contribution in [3.8, 4) is 0 Å². The number of nitrogens with zero attached hydrogens (tertiary/aromatic N) is 1. The highest BCUT2D eigenvalue weighted by atomic mass is 35.5. The van der Waals surface area contributed by atoms with E-state index >= 15 is 0 Å². The molecular formula is C7H6ClNS. The molecule has 2 heterocycles. The second kappa shape index (κ2) is 2.36. The van der Waals surface area contributed by atoms with Crippen LogP contribution >= 0.6 is 22.9 Å². The fourth-order valence-electron chi connectivity index (χ4n) is 1.03. The molecule has 1 aliphatic rings. The summed E-state index contributed by atoms with van der Waals surface area (Å²) in [6, 6.07) is 0. The molecule has 1 aliphatic heterocycles. The summed E-state index contributed by atoms with van der Waals surface area (Å²) in [5, 5.41) is 2.76. The Kier molecular flexibility index (Phi) is 1.51. The lowest BCUT2D eigenvalue weighted by atomic mass is 10.2. The molecule has 0 unspecified atom stereocenters. The zero-order chi connectivity index (χ0) is 6.97. The summed E-state index contributed by atoms with van der Waals surface area (Å²) in [5.74, 6) is 0. The van der Waals surface area contributed by atoms with E-state index in [9.17, 15) is 0 Å². The number of thiophene rings is 1.